The highest BCUT2D eigenvalue weighted by Gasteiger charge is 2.53. The Morgan fingerprint density at radius 1 is 1.07 bits per heavy atom. The van der Waals surface area contributed by atoms with Gasteiger partial charge < -0.3 is 9.64 Å². The third-order valence-corrected chi connectivity index (χ3v) is 7.44. The molecule has 146 valence electrons. The maximum absolute atomic E-state index is 12.2. The zero-order valence-electron chi connectivity index (χ0n) is 15.2. The quantitative estimate of drug-likeness (QED) is 0.760. The highest BCUT2D eigenvalue weighted by Crippen LogP contribution is 2.48. The molecule has 0 spiro atoms. The van der Waals surface area contributed by atoms with Gasteiger partial charge in [-0.05, 0) is 62.1 Å². The van der Waals surface area contributed by atoms with Crippen molar-refractivity contribution in [2.45, 2.75) is 37.1 Å². The van der Waals surface area contributed by atoms with E-state index in [4.69, 9.17) is 16.3 Å². The monoisotopic (exact) mass is 417 g/mol. The number of hydrogen-bond acceptors (Lipinski definition) is 5. The molecule has 0 amide bonds. The van der Waals surface area contributed by atoms with Crippen molar-refractivity contribution >= 4 is 27.5 Å². The number of piperidine rings is 2. The molecule has 4 aliphatic rings. The van der Waals surface area contributed by atoms with Crippen molar-refractivity contribution in [3.8, 4) is 11.5 Å². The van der Waals surface area contributed by atoms with E-state index in [-0.39, 0.29) is 5.75 Å². The Balaban J connectivity index is 1.47. The molecule has 0 atom stereocenters. The number of rotatable bonds is 3. The van der Waals surface area contributed by atoms with Crippen LogP contribution in [-0.2, 0) is 15.4 Å². The van der Waals surface area contributed by atoms with Gasteiger partial charge in [-0.15, -0.1) is 4.40 Å². The van der Waals surface area contributed by atoms with Gasteiger partial charge in [0.15, 0.2) is 0 Å². The van der Waals surface area contributed by atoms with E-state index in [0.29, 0.717) is 34.9 Å². The van der Waals surface area contributed by atoms with Crippen molar-refractivity contribution in [3.63, 3.8) is 0 Å². The minimum absolute atomic E-state index is 0.102. The maximum atomic E-state index is 12.2. The molecule has 0 radical (unpaired) electrons. The summed E-state index contributed by atoms with van der Waals surface area (Å²) in [7, 11) is -3.39. The van der Waals surface area contributed by atoms with Crippen LogP contribution >= 0.6 is 11.6 Å². The van der Waals surface area contributed by atoms with Crippen LogP contribution in [0.3, 0.4) is 0 Å². The summed E-state index contributed by atoms with van der Waals surface area (Å²) in [4.78, 5) is 6.87. The fraction of sp³-hybridized carbons (Fsp3) is 0.400. The molecule has 4 heterocycles. The molecule has 6 rings (SSSR count). The van der Waals surface area contributed by atoms with Crippen molar-refractivity contribution in [1.29, 1.82) is 0 Å². The van der Waals surface area contributed by atoms with Crippen LogP contribution in [0.4, 0.5) is 0 Å². The third-order valence-electron chi connectivity index (χ3n) is 6.04. The molecule has 2 saturated heterocycles. The van der Waals surface area contributed by atoms with Gasteiger partial charge in [0.1, 0.15) is 17.3 Å². The molecule has 1 aromatic heterocycles. The second-order valence-corrected chi connectivity index (χ2v) is 9.83. The van der Waals surface area contributed by atoms with E-state index in [1.807, 2.05) is 12.1 Å². The fourth-order valence-corrected chi connectivity index (χ4v) is 5.82. The topological polar surface area (TPSA) is 71.9 Å². The second-order valence-electron chi connectivity index (χ2n) is 7.64. The summed E-state index contributed by atoms with van der Waals surface area (Å²) in [5, 5.41) is 0.653. The molecule has 28 heavy (non-hydrogen) atoms. The van der Waals surface area contributed by atoms with Crippen molar-refractivity contribution < 1.29 is 13.2 Å². The lowest BCUT2D eigenvalue weighted by Gasteiger charge is -2.54. The van der Waals surface area contributed by atoms with Crippen LogP contribution in [0.5, 0.6) is 11.5 Å². The molecule has 1 saturated carbocycles. The third kappa shape index (κ3) is 2.97. The van der Waals surface area contributed by atoms with Gasteiger partial charge in [0, 0.05) is 17.6 Å². The molecule has 2 aromatic rings. The van der Waals surface area contributed by atoms with Crippen LogP contribution in [0.2, 0.25) is 5.02 Å². The minimum atomic E-state index is -3.39. The zero-order chi connectivity index (χ0) is 19.4. The van der Waals surface area contributed by atoms with Crippen molar-refractivity contribution in [2.24, 2.45) is 4.40 Å². The van der Waals surface area contributed by atoms with E-state index in [1.54, 1.807) is 30.5 Å². The molecular formula is C20H20ClN3O3S. The SMILES string of the molecule is O=S1(=O)CCN2C(=N1)C1(c3ccc(Oc4ccc(Cl)cc4)cn3)CCC2CC1. The lowest BCUT2D eigenvalue weighted by Crippen LogP contribution is -2.63. The standard InChI is InChI=1S/C20H20ClN3O3S/c21-14-1-3-16(4-2-14)27-17-5-6-18(22-13-17)20-9-7-15(8-10-20)24-11-12-28(25,26)23-19(20)24/h1-6,13,15H,7-12H2. The summed E-state index contributed by atoms with van der Waals surface area (Å²) in [6, 6.07) is 11.4. The number of ether oxygens (including phenoxy) is 1. The molecule has 0 N–H and O–H groups in total. The van der Waals surface area contributed by atoms with Crippen LogP contribution in [0, 0.1) is 0 Å². The fourth-order valence-electron chi connectivity index (χ4n) is 4.63. The zero-order valence-corrected chi connectivity index (χ0v) is 16.8. The van der Waals surface area contributed by atoms with E-state index in [1.165, 1.54) is 0 Å². The molecule has 0 unspecified atom stereocenters. The predicted octanol–water partition coefficient (Wildman–Crippen LogP) is 3.77. The Morgan fingerprint density at radius 3 is 2.46 bits per heavy atom. The Hall–Kier alpha value is -2.12. The van der Waals surface area contributed by atoms with E-state index < -0.39 is 15.4 Å². The molecule has 8 heteroatoms. The number of halogens is 1. The summed E-state index contributed by atoms with van der Waals surface area (Å²) in [5.74, 6) is 2.11. The maximum Gasteiger partial charge on any atom is 0.256 e. The van der Waals surface area contributed by atoms with Crippen LogP contribution in [-0.4, -0.2) is 42.5 Å². The first-order valence-electron chi connectivity index (χ1n) is 9.45. The number of amidine groups is 1. The summed E-state index contributed by atoms with van der Waals surface area (Å²) < 4.78 is 34.4. The van der Waals surface area contributed by atoms with Gasteiger partial charge in [0.25, 0.3) is 10.0 Å². The molecule has 6 nitrogen and oxygen atoms in total. The van der Waals surface area contributed by atoms with Crippen LogP contribution in [0.1, 0.15) is 31.4 Å². The smallest absolute Gasteiger partial charge is 0.256 e. The van der Waals surface area contributed by atoms with Gasteiger partial charge in [0.05, 0.1) is 23.1 Å². The number of aromatic nitrogens is 1. The highest BCUT2D eigenvalue weighted by molar-refractivity contribution is 7.90. The number of pyridine rings is 1. The van der Waals surface area contributed by atoms with Crippen LogP contribution in [0.15, 0.2) is 47.0 Å². The van der Waals surface area contributed by atoms with Gasteiger partial charge in [-0.25, -0.2) is 8.42 Å². The van der Waals surface area contributed by atoms with E-state index in [2.05, 4.69) is 14.3 Å². The first kappa shape index (κ1) is 17.9. The molecule has 1 aliphatic carbocycles. The van der Waals surface area contributed by atoms with Gasteiger partial charge in [-0.2, -0.15) is 0 Å². The molecule has 2 bridgehead atoms. The molecule has 3 fully saturated rings. The summed E-state index contributed by atoms with van der Waals surface area (Å²) in [6.07, 6.45) is 5.55. The van der Waals surface area contributed by atoms with Gasteiger partial charge >= 0.3 is 0 Å². The number of nitrogens with zero attached hydrogens (tertiary/aromatic N) is 3. The Labute approximate surface area is 169 Å². The largest absolute Gasteiger partial charge is 0.456 e. The summed E-state index contributed by atoms with van der Waals surface area (Å²) in [6.45, 7) is 0.533. The first-order valence-corrected chi connectivity index (χ1v) is 11.4. The lowest BCUT2D eigenvalue weighted by molar-refractivity contribution is 0.149. The Kier molecular flexibility index (Phi) is 4.14. The predicted molar refractivity (Wildman–Crippen MR) is 108 cm³/mol. The van der Waals surface area contributed by atoms with Crippen LogP contribution in [0.25, 0.3) is 0 Å². The van der Waals surface area contributed by atoms with Crippen LogP contribution < -0.4 is 4.74 Å². The van der Waals surface area contributed by atoms with Gasteiger partial charge in [-0.3, -0.25) is 4.98 Å². The van der Waals surface area contributed by atoms with Crippen molar-refractivity contribution in [1.82, 2.24) is 9.88 Å². The van der Waals surface area contributed by atoms with Gasteiger partial charge in [0.2, 0.25) is 0 Å². The second kappa shape index (κ2) is 6.46. The normalized spacial score (nSPS) is 27.8. The summed E-state index contributed by atoms with van der Waals surface area (Å²) in [5.41, 5.74) is 0.455. The van der Waals surface area contributed by atoms with E-state index >= 15 is 0 Å². The van der Waals surface area contributed by atoms with E-state index in [0.717, 1.165) is 31.4 Å². The number of fused-ring (bicyclic) bond motifs is 2. The average Bonchev–Trinajstić information content (AvgIpc) is 2.70. The van der Waals surface area contributed by atoms with Gasteiger partial charge in [-0.1, -0.05) is 11.6 Å². The van der Waals surface area contributed by atoms with E-state index in [9.17, 15) is 8.42 Å². The van der Waals surface area contributed by atoms with Crippen molar-refractivity contribution in [3.05, 3.63) is 53.3 Å². The first-order chi connectivity index (χ1) is 13.5. The average molecular weight is 418 g/mol. The molecular weight excluding hydrogens is 398 g/mol. The minimum Gasteiger partial charge on any atom is -0.456 e. The summed E-state index contributed by atoms with van der Waals surface area (Å²) >= 11 is 5.91. The Bertz CT molecular complexity index is 1030. The lowest BCUT2D eigenvalue weighted by atomic mass is 9.64. The number of hydrogen-bond donors (Lipinski definition) is 0. The number of sulfonamides is 1. The highest BCUT2D eigenvalue weighted by atomic mass is 35.5. The molecule has 3 aliphatic heterocycles. The number of benzene rings is 1. The molecule has 1 aromatic carbocycles. The van der Waals surface area contributed by atoms with Crippen molar-refractivity contribution in [2.75, 3.05) is 12.3 Å². The Morgan fingerprint density at radius 2 is 1.79 bits per heavy atom.